The Hall–Kier alpha value is -1.12. The molecule has 0 spiro atoms. The predicted octanol–water partition coefficient (Wildman–Crippen LogP) is 4.32. The summed E-state index contributed by atoms with van der Waals surface area (Å²) in [7, 11) is 0. The van der Waals surface area contributed by atoms with Crippen molar-refractivity contribution in [3.05, 3.63) is 12.2 Å². The van der Waals surface area contributed by atoms with E-state index in [9.17, 15) is 23.1 Å². The van der Waals surface area contributed by atoms with E-state index in [2.05, 4.69) is 6.58 Å². The maximum Gasteiger partial charge on any atom is 0.419 e. The number of carbonyl (C=O) groups excluding carboxylic acids is 1. The minimum Gasteiger partial charge on any atom is -0.456 e. The van der Waals surface area contributed by atoms with E-state index in [-0.39, 0.29) is 18.1 Å². The lowest BCUT2D eigenvalue weighted by molar-refractivity contribution is -0.335. The van der Waals surface area contributed by atoms with Gasteiger partial charge in [-0.05, 0) is 47.0 Å². The van der Waals surface area contributed by atoms with Crippen molar-refractivity contribution < 1.29 is 37.3 Å². The van der Waals surface area contributed by atoms with Crippen LogP contribution in [0.5, 0.6) is 0 Å². The second kappa shape index (κ2) is 7.85. The van der Waals surface area contributed by atoms with Gasteiger partial charge in [0.2, 0.25) is 0 Å². The van der Waals surface area contributed by atoms with E-state index in [1.165, 1.54) is 13.8 Å². The zero-order valence-electron chi connectivity index (χ0n) is 18.1. The molecular formula is C21H33F3O5. The number of hydrogen-bond acceptors (Lipinski definition) is 5. The van der Waals surface area contributed by atoms with Crippen molar-refractivity contribution in [1.29, 1.82) is 0 Å². The molecule has 0 aliphatic carbocycles. The summed E-state index contributed by atoms with van der Waals surface area (Å²) in [5, 5.41) is 10.3. The molecule has 0 amide bonds. The van der Waals surface area contributed by atoms with E-state index in [0.717, 1.165) is 6.92 Å². The number of fused-ring (bicyclic) bond motifs is 2. The van der Waals surface area contributed by atoms with Crippen LogP contribution in [0.3, 0.4) is 0 Å². The number of esters is 1. The molecule has 2 fully saturated rings. The first-order chi connectivity index (χ1) is 13.1. The highest BCUT2D eigenvalue weighted by molar-refractivity contribution is 5.87. The van der Waals surface area contributed by atoms with Gasteiger partial charge in [0.15, 0.2) is 5.60 Å². The van der Waals surface area contributed by atoms with E-state index in [4.69, 9.17) is 14.2 Å². The van der Waals surface area contributed by atoms with Gasteiger partial charge in [0.25, 0.3) is 0 Å². The third-order valence-electron chi connectivity index (χ3n) is 6.83. The van der Waals surface area contributed by atoms with Crippen molar-refractivity contribution in [2.24, 2.45) is 5.92 Å². The van der Waals surface area contributed by atoms with E-state index < -0.39 is 35.1 Å². The Balaban J connectivity index is 2.21. The summed E-state index contributed by atoms with van der Waals surface area (Å²) in [6.07, 6.45) is -3.91. The van der Waals surface area contributed by atoms with Crippen LogP contribution in [0.4, 0.5) is 13.2 Å². The molecule has 2 aliphatic heterocycles. The minimum absolute atomic E-state index is 0.161. The van der Waals surface area contributed by atoms with Crippen molar-refractivity contribution in [1.82, 2.24) is 0 Å². The first-order valence-corrected chi connectivity index (χ1v) is 10.1. The molecule has 2 bridgehead atoms. The summed E-state index contributed by atoms with van der Waals surface area (Å²) in [6.45, 7) is 12.2. The first kappa shape index (κ1) is 24.2. The van der Waals surface area contributed by atoms with Crippen molar-refractivity contribution in [2.45, 2.75) is 109 Å². The lowest BCUT2D eigenvalue weighted by Crippen LogP contribution is -2.63. The number of ether oxygens (including phenoxy) is 3. The Kier molecular flexibility index (Phi) is 6.54. The SMILES string of the molecule is C=C(C)C(=O)OC1CC2OC1CC2C(CC)(CC)OC(C)(C)C(C)(O)C(F)(F)F. The maximum atomic E-state index is 13.5. The van der Waals surface area contributed by atoms with Gasteiger partial charge in [-0.15, -0.1) is 0 Å². The van der Waals surface area contributed by atoms with Crippen LogP contribution < -0.4 is 0 Å². The van der Waals surface area contributed by atoms with E-state index in [1.807, 2.05) is 13.8 Å². The average molecular weight is 422 g/mol. The van der Waals surface area contributed by atoms with Crippen LogP contribution in [-0.4, -0.2) is 52.4 Å². The highest BCUT2D eigenvalue weighted by Gasteiger charge is 2.64. The zero-order chi connectivity index (χ0) is 22.4. The molecule has 5 nitrogen and oxygen atoms in total. The summed E-state index contributed by atoms with van der Waals surface area (Å²) < 4.78 is 58.0. The fourth-order valence-corrected chi connectivity index (χ4v) is 4.48. The lowest BCUT2D eigenvalue weighted by Gasteiger charge is -2.50. The standard InChI is InChI=1S/C21H33F3O5/c1-8-20(9-2,29-18(5,6)19(7,26)21(22,23)24)13-10-15-16(11-14(13)27-15)28-17(25)12(3)4/h13-16,26H,3,8-11H2,1-2,4-7H3. The molecule has 2 rings (SSSR count). The number of rotatable bonds is 8. The maximum absolute atomic E-state index is 13.5. The molecule has 0 aromatic carbocycles. The summed E-state index contributed by atoms with van der Waals surface area (Å²) in [4.78, 5) is 11.8. The van der Waals surface area contributed by atoms with Crippen LogP contribution in [0.2, 0.25) is 0 Å². The number of carbonyl (C=O) groups is 1. The molecule has 0 aromatic heterocycles. The van der Waals surface area contributed by atoms with E-state index >= 15 is 0 Å². The lowest BCUT2D eigenvalue weighted by atomic mass is 9.72. The van der Waals surface area contributed by atoms with Gasteiger partial charge in [-0.3, -0.25) is 0 Å². The number of hydrogen-bond donors (Lipinski definition) is 1. The molecule has 2 heterocycles. The van der Waals surface area contributed by atoms with Crippen LogP contribution >= 0.6 is 0 Å². The van der Waals surface area contributed by atoms with Gasteiger partial charge in [0.05, 0.1) is 17.8 Å². The summed E-state index contributed by atoms with van der Waals surface area (Å²) >= 11 is 0. The Labute approximate surface area is 170 Å². The summed E-state index contributed by atoms with van der Waals surface area (Å²) in [5.41, 5.74) is -5.49. The molecule has 2 saturated heterocycles. The molecular weight excluding hydrogens is 389 g/mol. The van der Waals surface area contributed by atoms with Crippen molar-refractivity contribution in [2.75, 3.05) is 0 Å². The third-order valence-corrected chi connectivity index (χ3v) is 6.83. The van der Waals surface area contributed by atoms with Crippen LogP contribution in [0.15, 0.2) is 12.2 Å². The topological polar surface area (TPSA) is 65.0 Å². The highest BCUT2D eigenvalue weighted by atomic mass is 19.4. The molecule has 0 saturated carbocycles. The summed E-state index contributed by atoms with van der Waals surface area (Å²) in [5.74, 6) is -0.635. The Morgan fingerprint density at radius 3 is 2.07 bits per heavy atom. The number of halogens is 3. The fourth-order valence-electron chi connectivity index (χ4n) is 4.48. The van der Waals surface area contributed by atoms with Gasteiger partial charge in [-0.1, -0.05) is 20.4 Å². The van der Waals surface area contributed by atoms with Crippen LogP contribution in [0.25, 0.3) is 0 Å². The van der Waals surface area contributed by atoms with Gasteiger partial charge in [-0.25, -0.2) is 4.79 Å². The monoisotopic (exact) mass is 422 g/mol. The molecule has 8 heteroatoms. The molecule has 1 N–H and O–H groups in total. The molecule has 168 valence electrons. The Bertz CT molecular complexity index is 637. The Morgan fingerprint density at radius 1 is 1.14 bits per heavy atom. The van der Waals surface area contributed by atoms with Crippen molar-refractivity contribution >= 4 is 5.97 Å². The number of alkyl halides is 3. The van der Waals surface area contributed by atoms with Gasteiger partial charge in [0.1, 0.15) is 11.7 Å². The van der Waals surface area contributed by atoms with E-state index in [1.54, 1.807) is 6.92 Å². The van der Waals surface area contributed by atoms with E-state index in [0.29, 0.717) is 31.3 Å². The zero-order valence-corrected chi connectivity index (χ0v) is 18.1. The van der Waals surface area contributed by atoms with Crippen molar-refractivity contribution in [3.8, 4) is 0 Å². The van der Waals surface area contributed by atoms with Crippen LogP contribution in [-0.2, 0) is 19.0 Å². The van der Waals surface area contributed by atoms with Crippen LogP contribution in [0, 0.1) is 5.92 Å². The largest absolute Gasteiger partial charge is 0.456 e. The minimum atomic E-state index is -4.84. The van der Waals surface area contributed by atoms with Crippen molar-refractivity contribution in [3.63, 3.8) is 0 Å². The number of aliphatic hydroxyl groups is 1. The molecule has 5 unspecified atom stereocenters. The first-order valence-electron chi connectivity index (χ1n) is 10.1. The molecule has 5 atom stereocenters. The van der Waals surface area contributed by atoms with Gasteiger partial charge >= 0.3 is 12.1 Å². The molecule has 2 aliphatic rings. The third kappa shape index (κ3) is 4.21. The average Bonchev–Trinajstić information content (AvgIpc) is 3.19. The molecule has 29 heavy (non-hydrogen) atoms. The second-order valence-corrected chi connectivity index (χ2v) is 8.97. The second-order valence-electron chi connectivity index (χ2n) is 8.97. The molecule has 0 radical (unpaired) electrons. The fraction of sp³-hybridized carbons (Fsp3) is 0.857. The highest BCUT2D eigenvalue weighted by Crippen LogP contribution is 2.52. The van der Waals surface area contributed by atoms with Gasteiger partial charge in [-0.2, -0.15) is 13.2 Å². The smallest absolute Gasteiger partial charge is 0.419 e. The Morgan fingerprint density at radius 2 is 1.69 bits per heavy atom. The van der Waals surface area contributed by atoms with Gasteiger partial charge in [0, 0.05) is 17.9 Å². The normalized spacial score (nSPS) is 29.6. The quantitative estimate of drug-likeness (QED) is 0.466. The summed E-state index contributed by atoms with van der Waals surface area (Å²) in [6, 6.07) is 0. The predicted molar refractivity (Wildman–Crippen MR) is 101 cm³/mol. The van der Waals surface area contributed by atoms with Crippen LogP contribution in [0.1, 0.15) is 67.2 Å². The van der Waals surface area contributed by atoms with Gasteiger partial charge < -0.3 is 19.3 Å². The molecule has 0 aromatic rings.